The normalized spacial score (nSPS) is 10.7. The number of non-ortho nitro benzene ring substituents is 1. The summed E-state index contributed by atoms with van der Waals surface area (Å²) in [7, 11) is 0. The predicted octanol–water partition coefficient (Wildman–Crippen LogP) is 2.99. The molecule has 0 bridgehead atoms. The van der Waals surface area contributed by atoms with Crippen molar-refractivity contribution in [2.75, 3.05) is 5.32 Å². The third-order valence-electron chi connectivity index (χ3n) is 3.04. The molecule has 0 aliphatic rings. The highest BCUT2D eigenvalue weighted by molar-refractivity contribution is 5.50. The van der Waals surface area contributed by atoms with Crippen LogP contribution in [0.2, 0.25) is 0 Å². The standard InChI is InChI=1S/C14H11FN4O2/c15-12-7-11(19(20)21)4-5-13(12)16-8-10-9-18-6-2-1-3-14(18)17-10/h1-7,9,16H,8H2. The Balaban J connectivity index is 1.76. The SMILES string of the molecule is O=[N+]([O-])c1ccc(NCc2cn3ccccc3n2)c(F)c1. The van der Waals surface area contributed by atoms with Gasteiger partial charge in [0.1, 0.15) is 5.65 Å². The van der Waals surface area contributed by atoms with Gasteiger partial charge in [0.2, 0.25) is 0 Å². The van der Waals surface area contributed by atoms with Crippen LogP contribution < -0.4 is 5.32 Å². The van der Waals surface area contributed by atoms with Crippen LogP contribution in [0.15, 0.2) is 48.8 Å². The van der Waals surface area contributed by atoms with Gasteiger partial charge in [-0.1, -0.05) is 6.07 Å². The fraction of sp³-hybridized carbons (Fsp3) is 0.0714. The van der Waals surface area contributed by atoms with Crippen molar-refractivity contribution in [2.45, 2.75) is 6.54 Å². The number of nitro groups is 1. The number of imidazole rings is 1. The quantitative estimate of drug-likeness (QED) is 0.591. The number of benzene rings is 1. The van der Waals surface area contributed by atoms with E-state index in [1.807, 2.05) is 35.0 Å². The summed E-state index contributed by atoms with van der Waals surface area (Å²) < 4.78 is 15.6. The third kappa shape index (κ3) is 2.66. The number of hydrogen-bond donors (Lipinski definition) is 1. The largest absolute Gasteiger partial charge is 0.377 e. The lowest BCUT2D eigenvalue weighted by molar-refractivity contribution is -0.385. The van der Waals surface area contributed by atoms with Crippen LogP contribution in [0.3, 0.4) is 0 Å². The van der Waals surface area contributed by atoms with Crippen molar-refractivity contribution >= 4 is 17.0 Å². The molecule has 1 aromatic carbocycles. The van der Waals surface area contributed by atoms with Crippen molar-refractivity contribution in [1.82, 2.24) is 9.38 Å². The van der Waals surface area contributed by atoms with Crippen molar-refractivity contribution in [2.24, 2.45) is 0 Å². The minimum absolute atomic E-state index is 0.206. The average molecular weight is 286 g/mol. The fourth-order valence-electron chi connectivity index (χ4n) is 2.02. The van der Waals surface area contributed by atoms with E-state index in [1.165, 1.54) is 12.1 Å². The van der Waals surface area contributed by atoms with Crippen LogP contribution in [0.5, 0.6) is 0 Å². The van der Waals surface area contributed by atoms with E-state index in [4.69, 9.17) is 0 Å². The van der Waals surface area contributed by atoms with Crippen LogP contribution in [0, 0.1) is 15.9 Å². The highest BCUT2D eigenvalue weighted by Crippen LogP contribution is 2.21. The van der Waals surface area contributed by atoms with Gasteiger partial charge in [0.15, 0.2) is 5.82 Å². The number of nitro benzene ring substituents is 1. The first-order valence-corrected chi connectivity index (χ1v) is 6.24. The molecule has 2 aromatic heterocycles. The van der Waals surface area contributed by atoms with Gasteiger partial charge >= 0.3 is 0 Å². The molecule has 6 nitrogen and oxygen atoms in total. The van der Waals surface area contributed by atoms with E-state index < -0.39 is 10.7 Å². The molecule has 106 valence electrons. The maximum Gasteiger partial charge on any atom is 0.272 e. The zero-order valence-corrected chi connectivity index (χ0v) is 10.9. The molecule has 0 atom stereocenters. The number of aromatic nitrogens is 2. The van der Waals surface area contributed by atoms with E-state index in [0.717, 1.165) is 17.4 Å². The van der Waals surface area contributed by atoms with Gasteiger partial charge in [0, 0.05) is 18.5 Å². The van der Waals surface area contributed by atoms with E-state index in [0.29, 0.717) is 6.54 Å². The summed E-state index contributed by atoms with van der Waals surface area (Å²) in [6.45, 7) is 0.330. The molecular formula is C14H11FN4O2. The van der Waals surface area contributed by atoms with Gasteiger partial charge in [0.05, 0.1) is 28.9 Å². The Morgan fingerprint density at radius 2 is 2.19 bits per heavy atom. The molecule has 0 unspecified atom stereocenters. The molecule has 0 aliphatic heterocycles. The van der Waals surface area contributed by atoms with Crippen molar-refractivity contribution in [3.05, 3.63) is 70.4 Å². The molecule has 0 saturated heterocycles. The molecule has 0 spiro atoms. The Morgan fingerprint density at radius 3 is 2.90 bits per heavy atom. The van der Waals surface area contributed by atoms with Crippen LogP contribution in [0.1, 0.15) is 5.69 Å². The van der Waals surface area contributed by atoms with Crippen LogP contribution >= 0.6 is 0 Å². The Morgan fingerprint density at radius 1 is 1.33 bits per heavy atom. The van der Waals surface area contributed by atoms with Gasteiger partial charge in [-0.05, 0) is 18.2 Å². The number of nitrogens with one attached hydrogen (secondary N) is 1. The van der Waals surface area contributed by atoms with Gasteiger partial charge in [-0.15, -0.1) is 0 Å². The fourth-order valence-corrected chi connectivity index (χ4v) is 2.02. The number of rotatable bonds is 4. The van der Waals surface area contributed by atoms with Crippen LogP contribution in [-0.4, -0.2) is 14.3 Å². The maximum atomic E-state index is 13.7. The van der Waals surface area contributed by atoms with Crippen LogP contribution in [-0.2, 0) is 6.54 Å². The number of halogens is 1. The number of hydrogen-bond acceptors (Lipinski definition) is 4. The Labute approximate surface area is 119 Å². The molecule has 21 heavy (non-hydrogen) atoms. The number of pyridine rings is 1. The molecule has 7 heteroatoms. The number of anilines is 1. The number of fused-ring (bicyclic) bond motifs is 1. The molecule has 0 amide bonds. The molecule has 0 radical (unpaired) electrons. The first kappa shape index (κ1) is 13.0. The Kier molecular flexibility index (Phi) is 3.23. The van der Waals surface area contributed by atoms with Crippen LogP contribution in [0.4, 0.5) is 15.8 Å². The van der Waals surface area contributed by atoms with Crippen molar-refractivity contribution in [3.63, 3.8) is 0 Å². The van der Waals surface area contributed by atoms with E-state index >= 15 is 0 Å². The summed E-state index contributed by atoms with van der Waals surface area (Å²) in [5.41, 5.74) is 1.49. The summed E-state index contributed by atoms with van der Waals surface area (Å²) in [6.07, 6.45) is 3.71. The lowest BCUT2D eigenvalue weighted by Crippen LogP contribution is -2.02. The van der Waals surface area contributed by atoms with Gasteiger partial charge < -0.3 is 9.72 Å². The summed E-state index contributed by atoms with van der Waals surface area (Å²) in [6, 6.07) is 9.15. The van der Waals surface area contributed by atoms with Gasteiger partial charge in [-0.25, -0.2) is 9.37 Å². The molecule has 3 aromatic rings. The van der Waals surface area contributed by atoms with Gasteiger partial charge in [-0.2, -0.15) is 0 Å². The topological polar surface area (TPSA) is 72.5 Å². The molecule has 2 heterocycles. The molecule has 3 rings (SSSR count). The average Bonchev–Trinajstić information content (AvgIpc) is 2.88. The Hall–Kier alpha value is -2.96. The third-order valence-corrected chi connectivity index (χ3v) is 3.04. The smallest absolute Gasteiger partial charge is 0.272 e. The highest BCUT2D eigenvalue weighted by Gasteiger charge is 2.10. The first-order chi connectivity index (χ1) is 10.1. The highest BCUT2D eigenvalue weighted by atomic mass is 19.1. The molecule has 0 aliphatic carbocycles. The summed E-state index contributed by atoms with van der Waals surface area (Å²) >= 11 is 0. The minimum atomic E-state index is -0.659. The van der Waals surface area contributed by atoms with Gasteiger partial charge in [-0.3, -0.25) is 10.1 Å². The van der Waals surface area contributed by atoms with Crippen LogP contribution in [0.25, 0.3) is 5.65 Å². The van der Waals surface area contributed by atoms with Crippen molar-refractivity contribution in [1.29, 1.82) is 0 Å². The lowest BCUT2D eigenvalue weighted by Gasteiger charge is -2.05. The second-order valence-corrected chi connectivity index (χ2v) is 4.47. The molecule has 0 fully saturated rings. The van der Waals surface area contributed by atoms with E-state index in [-0.39, 0.29) is 11.4 Å². The first-order valence-electron chi connectivity index (χ1n) is 6.24. The monoisotopic (exact) mass is 286 g/mol. The zero-order valence-electron chi connectivity index (χ0n) is 10.9. The van der Waals surface area contributed by atoms with Crippen molar-refractivity contribution in [3.8, 4) is 0 Å². The van der Waals surface area contributed by atoms with E-state index in [1.54, 1.807) is 0 Å². The van der Waals surface area contributed by atoms with Crippen molar-refractivity contribution < 1.29 is 9.31 Å². The van der Waals surface area contributed by atoms with Gasteiger partial charge in [0.25, 0.3) is 5.69 Å². The second-order valence-electron chi connectivity index (χ2n) is 4.47. The maximum absolute atomic E-state index is 13.7. The predicted molar refractivity (Wildman–Crippen MR) is 75.6 cm³/mol. The summed E-state index contributed by atoms with van der Waals surface area (Å²) in [4.78, 5) is 14.3. The number of nitrogens with zero attached hydrogens (tertiary/aromatic N) is 3. The Bertz CT molecular complexity index is 783. The second kappa shape index (κ2) is 5.20. The van der Waals surface area contributed by atoms with E-state index in [2.05, 4.69) is 10.3 Å². The molecule has 1 N–H and O–H groups in total. The summed E-state index contributed by atoms with van der Waals surface area (Å²) in [5, 5.41) is 13.4. The molecule has 0 saturated carbocycles. The zero-order chi connectivity index (χ0) is 14.8. The lowest BCUT2D eigenvalue weighted by atomic mass is 10.2. The summed E-state index contributed by atoms with van der Waals surface area (Å²) in [5.74, 6) is -0.659. The van der Waals surface area contributed by atoms with E-state index in [9.17, 15) is 14.5 Å². The minimum Gasteiger partial charge on any atom is -0.377 e. The molecular weight excluding hydrogens is 275 g/mol.